The van der Waals surface area contributed by atoms with Crippen molar-refractivity contribution in [2.45, 2.75) is 6.92 Å². The summed E-state index contributed by atoms with van der Waals surface area (Å²) in [5.41, 5.74) is 0.143. The number of carbonyl (C=O) groups is 2. The highest BCUT2D eigenvalue weighted by atomic mass is 35.5. The van der Waals surface area contributed by atoms with Gasteiger partial charge in [-0.05, 0) is 24.6 Å². The van der Waals surface area contributed by atoms with Gasteiger partial charge in [-0.15, -0.1) is 0 Å². The van der Waals surface area contributed by atoms with Gasteiger partial charge in [0.2, 0.25) is 0 Å². The molecule has 1 aromatic rings. The molecular weight excluding hydrogens is 208 g/mol. The first-order chi connectivity index (χ1) is 6.43. The van der Waals surface area contributed by atoms with Gasteiger partial charge in [-0.2, -0.15) is 0 Å². The highest BCUT2D eigenvalue weighted by Gasteiger charge is 1.90. The number of carbonyl (C=O) groups excluding carboxylic acids is 2. The third-order valence-electron chi connectivity index (χ3n) is 1.08. The second kappa shape index (κ2) is 5.99. The minimum Gasteiger partial charge on any atom is -0.550 e. The molecule has 14 heavy (non-hydrogen) atoms. The number of hydrogen-bond acceptors (Lipinski definition) is 4. The molecule has 0 bridgehead atoms. The predicted octanol–water partition coefficient (Wildman–Crippen LogP) is -0.540. The Bertz CT molecular complexity index is 314. The first kappa shape index (κ1) is 12.5. The second-order valence-electron chi connectivity index (χ2n) is 2.29. The SMILES string of the molecule is CC(=O)[O-].O=C([O-])c1ccc(Cl)cc1. The molecule has 0 amide bonds. The lowest BCUT2D eigenvalue weighted by Crippen LogP contribution is -2.21. The highest BCUT2D eigenvalue weighted by molar-refractivity contribution is 6.30. The molecule has 0 N–H and O–H groups in total. The molecule has 1 aromatic carbocycles. The monoisotopic (exact) mass is 214 g/mol. The summed E-state index contributed by atoms with van der Waals surface area (Å²) in [6, 6.07) is 5.81. The van der Waals surface area contributed by atoms with Gasteiger partial charge in [0.15, 0.2) is 0 Å². The number of benzene rings is 1. The van der Waals surface area contributed by atoms with Crippen LogP contribution in [0.4, 0.5) is 0 Å². The van der Waals surface area contributed by atoms with E-state index in [-0.39, 0.29) is 5.56 Å². The smallest absolute Gasteiger partial charge is 0.0715 e. The normalized spacial score (nSPS) is 8.43. The van der Waals surface area contributed by atoms with Crippen LogP contribution >= 0.6 is 11.6 Å². The number of carboxylic acid groups (broad SMARTS) is 2. The van der Waals surface area contributed by atoms with Gasteiger partial charge in [0.05, 0.1) is 5.97 Å². The van der Waals surface area contributed by atoms with Crippen LogP contribution < -0.4 is 10.2 Å². The molecule has 0 spiro atoms. The lowest BCUT2D eigenvalue weighted by molar-refractivity contribution is -0.302. The molecule has 0 saturated carbocycles. The Balaban J connectivity index is 0.000000364. The fourth-order valence-corrected chi connectivity index (χ4v) is 0.712. The molecule has 1 rings (SSSR count). The van der Waals surface area contributed by atoms with Crippen LogP contribution in [0.5, 0.6) is 0 Å². The molecule has 4 nitrogen and oxygen atoms in total. The van der Waals surface area contributed by atoms with Gasteiger partial charge in [0, 0.05) is 11.0 Å². The van der Waals surface area contributed by atoms with Crippen LogP contribution in [0.3, 0.4) is 0 Å². The molecule has 0 aliphatic rings. The molecule has 0 aromatic heterocycles. The van der Waals surface area contributed by atoms with Crippen molar-refractivity contribution in [3.05, 3.63) is 34.9 Å². The van der Waals surface area contributed by atoms with Crippen LogP contribution in [-0.4, -0.2) is 11.9 Å². The number of halogens is 1. The van der Waals surface area contributed by atoms with Crippen LogP contribution in [0.2, 0.25) is 5.02 Å². The van der Waals surface area contributed by atoms with Crippen molar-refractivity contribution >= 4 is 23.5 Å². The summed E-state index contributed by atoms with van der Waals surface area (Å²) >= 11 is 5.50. The Morgan fingerprint density at radius 1 is 1.14 bits per heavy atom. The summed E-state index contributed by atoms with van der Waals surface area (Å²) in [6.45, 7) is 0.972. The Labute approximate surface area is 85.7 Å². The first-order valence-electron chi connectivity index (χ1n) is 3.58. The maximum absolute atomic E-state index is 10.2. The fraction of sp³-hybridized carbons (Fsp3) is 0.111. The zero-order chi connectivity index (χ0) is 11.1. The van der Waals surface area contributed by atoms with Gasteiger partial charge in [-0.1, -0.05) is 23.7 Å². The molecule has 0 heterocycles. The van der Waals surface area contributed by atoms with Crippen LogP contribution in [-0.2, 0) is 4.79 Å². The van der Waals surface area contributed by atoms with Gasteiger partial charge in [0.1, 0.15) is 0 Å². The van der Waals surface area contributed by atoms with E-state index in [0.29, 0.717) is 5.02 Å². The van der Waals surface area contributed by atoms with Crippen molar-refractivity contribution < 1.29 is 19.8 Å². The van der Waals surface area contributed by atoms with Gasteiger partial charge in [-0.25, -0.2) is 0 Å². The second-order valence-corrected chi connectivity index (χ2v) is 2.72. The Morgan fingerprint density at radius 3 is 1.79 bits per heavy atom. The van der Waals surface area contributed by atoms with Crippen molar-refractivity contribution in [3.63, 3.8) is 0 Å². The molecule has 0 saturated heterocycles. The number of hydrogen-bond donors (Lipinski definition) is 0. The molecular formula is C9H7ClO4-2. The third kappa shape index (κ3) is 6.02. The minimum absolute atomic E-state index is 0.143. The molecule has 5 heteroatoms. The molecule has 0 radical (unpaired) electrons. The maximum atomic E-state index is 10.2. The summed E-state index contributed by atoms with van der Waals surface area (Å²) in [7, 11) is 0. The van der Waals surface area contributed by atoms with E-state index in [1.807, 2.05) is 0 Å². The number of aromatic carboxylic acids is 1. The van der Waals surface area contributed by atoms with Crippen LogP contribution in [0.15, 0.2) is 24.3 Å². The largest absolute Gasteiger partial charge is 0.550 e. The average molecular weight is 215 g/mol. The van der Waals surface area contributed by atoms with E-state index < -0.39 is 11.9 Å². The number of aliphatic carboxylic acids is 1. The van der Waals surface area contributed by atoms with E-state index >= 15 is 0 Å². The van der Waals surface area contributed by atoms with E-state index in [0.717, 1.165) is 6.92 Å². The molecule has 0 atom stereocenters. The van der Waals surface area contributed by atoms with E-state index in [2.05, 4.69) is 0 Å². The van der Waals surface area contributed by atoms with E-state index in [9.17, 15) is 9.90 Å². The third-order valence-corrected chi connectivity index (χ3v) is 1.33. The highest BCUT2D eigenvalue weighted by Crippen LogP contribution is 2.08. The lowest BCUT2D eigenvalue weighted by atomic mass is 10.2. The number of carboxylic acids is 2. The van der Waals surface area contributed by atoms with Gasteiger partial charge >= 0.3 is 0 Å². The summed E-state index contributed by atoms with van der Waals surface area (Å²) in [6.07, 6.45) is 0. The van der Waals surface area contributed by atoms with Gasteiger partial charge < -0.3 is 19.8 Å². The van der Waals surface area contributed by atoms with Gasteiger partial charge in [0.25, 0.3) is 0 Å². The summed E-state index contributed by atoms with van der Waals surface area (Å²) in [4.78, 5) is 19.0. The number of rotatable bonds is 1. The summed E-state index contributed by atoms with van der Waals surface area (Å²) in [5, 5.41) is 19.6. The Hall–Kier alpha value is -1.55. The minimum atomic E-state index is -1.18. The fourth-order valence-electron chi connectivity index (χ4n) is 0.586. The first-order valence-corrected chi connectivity index (χ1v) is 3.95. The predicted molar refractivity (Wildman–Crippen MR) is 46.5 cm³/mol. The summed E-state index contributed by atoms with van der Waals surface area (Å²) < 4.78 is 0. The van der Waals surface area contributed by atoms with Crippen LogP contribution in [0.1, 0.15) is 17.3 Å². The van der Waals surface area contributed by atoms with E-state index in [1.165, 1.54) is 24.3 Å². The van der Waals surface area contributed by atoms with Gasteiger partial charge in [-0.3, -0.25) is 0 Å². The van der Waals surface area contributed by atoms with Crippen LogP contribution in [0.25, 0.3) is 0 Å². The zero-order valence-electron chi connectivity index (χ0n) is 7.32. The van der Waals surface area contributed by atoms with Crippen molar-refractivity contribution in [1.29, 1.82) is 0 Å². The molecule has 0 fully saturated rings. The van der Waals surface area contributed by atoms with Crippen LogP contribution in [0, 0.1) is 0 Å². The summed E-state index contributed by atoms with van der Waals surface area (Å²) in [5.74, 6) is -2.27. The molecule has 0 aliphatic heterocycles. The van der Waals surface area contributed by atoms with Crippen molar-refractivity contribution in [1.82, 2.24) is 0 Å². The van der Waals surface area contributed by atoms with Crippen molar-refractivity contribution in [2.24, 2.45) is 0 Å². The molecule has 0 aliphatic carbocycles. The maximum Gasteiger partial charge on any atom is 0.0715 e. The quantitative estimate of drug-likeness (QED) is 0.629. The Kier molecular flexibility index (Phi) is 5.33. The molecule has 76 valence electrons. The topological polar surface area (TPSA) is 80.3 Å². The zero-order valence-corrected chi connectivity index (χ0v) is 8.08. The van der Waals surface area contributed by atoms with Crippen molar-refractivity contribution in [3.8, 4) is 0 Å². The van der Waals surface area contributed by atoms with Crippen molar-refractivity contribution in [2.75, 3.05) is 0 Å². The van der Waals surface area contributed by atoms with E-state index in [1.54, 1.807) is 0 Å². The lowest BCUT2D eigenvalue weighted by Gasteiger charge is -1.99. The Morgan fingerprint density at radius 2 is 1.50 bits per heavy atom. The molecule has 0 unspecified atom stereocenters. The van der Waals surface area contributed by atoms with E-state index in [4.69, 9.17) is 21.5 Å². The average Bonchev–Trinajstić information content (AvgIpc) is 2.03. The standard InChI is InChI=1S/C7H5ClO2.C2H4O2/c8-6-3-1-5(2-4-6)7(9)10;1-2(3)4/h1-4H,(H,9,10);1H3,(H,3,4)/p-2.